The van der Waals surface area contributed by atoms with E-state index >= 15 is 0 Å². The van der Waals surface area contributed by atoms with Gasteiger partial charge >= 0.3 is 12.4 Å². The zero-order valence-corrected chi connectivity index (χ0v) is 23.2. The molecule has 2 aliphatic rings. The maximum absolute atomic E-state index is 13.6. The van der Waals surface area contributed by atoms with Crippen molar-refractivity contribution >= 4 is 22.2 Å². The summed E-state index contributed by atoms with van der Waals surface area (Å²) >= 11 is 1.32. The smallest absolute Gasteiger partial charge is 0.371 e. The highest BCUT2D eigenvalue weighted by atomic mass is 32.1. The van der Waals surface area contributed by atoms with E-state index in [1.807, 2.05) is 0 Å². The number of thiazole rings is 1. The van der Waals surface area contributed by atoms with Crippen molar-refractivity contribution in [3.8, 4) is 0 Å². The molecule has 3 nitrogen and oxygen atoms in total. The molecule has 1 heterocycles. The first-order chi connectivity index (χ1) is 19.0. The van der Waals surface area contributed by atoms with Crippen LogP contribution in [0, 0.1) is 5.92 Å². The molecule has 0 saturated heterocycles. The molecule has 216 valence electrons. The maximum atomic E-state index is 13.6. The molecule has 1 aromatic heterocycles. The highest BCUT2D eigenvalue weighted by molar-refractivity contribution is 7.13. The molecule has 1 saturated carbocycles. The third kappa shape index (κ3) is 6.58. The largest absolute Gasteiger partial charge is 0.416 e. The normalized spacial score (nSPS) is 16.0. The quantitative estimate of drug-likeness (QED) is 0.235. The minimum atomic E-state index is -4.89. The molecule has 0 unspecified atom stereocenters. The van der Waals surface area contributed by atoms with E-state index in [9.17, 15) is 26.3 Å². The molecule has 0 aliphatic heterocycles. The van der Waals surface area contributed by atoms with Crippen LogP contribution < -0.4 is 9.80 Å². The highest BCUT2D eigenvalue weighted by Gasteiger charge is 2.37. The Kier molecular flexibility index (Phi) is 8.36. The summed E-state index contributed by atoms with van der Waals surface area (Å²) in [4.78, 5) is 8.58. The summed E-state index contributed by atoms with van der Waals surface area (Å²) in [5.41, 5.74) is 2.07. The number of halogens is 6. The van der Waals surface area contributed by atoms with Crippen molar-refractivity contribution in [1.82, 2.24) is 4.98 Å². The summed E-state index contributed by atoms with van der Waals surface area (Å²) in [5, 5.41) is 2.31. The van der Waals surface area contributed by atoms with Gasteiger partial charge < -0.3 is 9.80 Å². The summed E-state index contributed by atoms with van der Waals surface area (Å²) in [6.07, 6.45) is -0.217. The van der Waals surface area contributed by atoms with E-state index in [4.69, 9.17) is 0 Å². The van der Waals surface area contributed by atoms with Crippen molar-refractivity contribution in [3.63, 3.8) is 0 Å². The van der Waals surface area contributed by atoms with Crippen LogP contribution in [0.25, 0.3) is 0 Å². The van der Waals surface area contributed by atoms with E-state index in [1.54, 1.807) is 16.5 Å². The summed E-state index contributed by atoms with van der Waals surface area (Å²) in [5.74, 6) is 0.627. The van der Waals surface area contributed by atoms with E-state index in [0.717, 1.165) is 55.7 Å². The predicted molar refractivity (Wildman–Crippen MR) is 147 cm³/mol. The molecule has 0 spiro atoms. The van der Waals surface area contributed by atoms with Crippen LogP contribution >= 0.6 is 11.3 Å². The van der Waals surface area contributed by atoms with Gasteiger partial charge in [-0.05, 0) is 91.5 Å². The Morgan fingerprint density at radius 1 is 0.825 bits per heavy atom. The van der Waals surface area contributed by atoms with Gasteiger partial charge in [0.1, 0.15) is 0 Å². The highest BCUT2D eigenvalue weighted by Crippen LogP contribution is 2.38. The number of hydrogen-bond donors (Lipinski definition) is 0. The average molecular weight is 582 g/mol. The summed E-state index contributed by atoms with van der Waals surface area (Å²) in [6.45, 7) is 4.09. The van der Waals surface area contributed by atoms with E-state index in [1.165, 1.54) is 48.1 Å². The molecule has 0 radical (unpaired) electrons. The Balaban J connectivity index is 1.52. The van der Waals surface area contributed by atoms with Gasteiger partial charge in [-0.25, -0.2) is 4.98 Å². The van der Waals surface area contributed by atoms with E-state index in [-0.39, 0.29) is 18.2 Å². The predicted octanol–water partition coefficient (Wildman–Crippen LogP) is 8.89. The van der Waals surface area contributed by atoms with Crippen LogP contribution in [0.15, 0.2) is 41.9 Å². The molecule has 2 aliphatic carbocycles. The van der Waals surface area contributed by atoms with Crippen molar-refractivity contribution in [1.29, 1.82) is 0 Å². The Morgan fingerprint density at radius 3 is 2.05 bits per heavy atom. The first-order valence-corrected chi connectivity index (χ1v) is 14.7. The lowest BCUT2D eigenvalue weighted by Crippen LogP contribution is -2.31. The van der Waals surface area contributed by atoms with Crippen LogP contribution in [0.1, 0.15) is 72.4 Å². The lowest BCUT2D eigenvalue weighted by molar-refractivity contribution is -0.143. The second-order valence-corrected chi connectivity index (χ2v) is 11.8. The first kappa shape index (κ1) is 28.8. The Labute approximate surface area is 234 Å². The fourth-order valence-electron chi connectivity index (χ4n) is 6.09. The number of aromatic nitrogens is 1. The van der Waals surface area contributed by atoms with E-state index < -0.39 is 23.5 Å². The molecule has 5 rings (SSSR count). The fraction of sp³-hybridized carbons (Fsp3) is 0.500. The number of fused-ring (bicyclic) bond motifs is 1. The van der Waals surface area contributed by atoms with Crippen LogP contribution in [0.5, 0.6) is 0 Å². The Hall–Kier alpha value is -2.75. The molecule has 40 heavy (non-hydrogen) atoms. The zero-order valence-electron chi connectivity index (χ0n) is 22.4. The summed E-state index contributed by atoms with van der Waals surface area (Å²) < 4.78 is 81.4. The monoisotopic (exact) mass is 581 g/mol. The van der Waals surface area contributed by atoms with Crippen molar-refractivity contribution in [2.45, 2.75) is 77.3 Å². The number of rotatable bonds is 9. The van der Waals surface area contributed by atoms with Crippen LogP contribution in [0.3, 0.4) is 0 Å². The summed E-state index contributed by atoms with van der Waals surface area (Å²) in [7, 11) is 0. The summed E-state index contributed by atoms with van der Waals surface area (Å²) in [6, 6.07) is 6.28. The number of hydrogen-bond acceptors (Lipinski definition) is 4. The minimum Gasteiger partial charge on any atom is -0.371 e. The van der Waals surface area contributed by atoms with Crippen molar-refractivity contribution in [2.75, 3.05) is 22.9 Å². The van der Waals surface area contributed by atoms with E-state index in [0.29, 0.717) is 17.6 Å². The van der Waals surface area contributed by atoms with Crippen molar-refractivity contribution in [3.05, 3.63) is 75.3 Å². The molecular formula is C30H33F6N3S. The maximum Gasteiger partial charge on any atom is 0.416 e. The van der Waals surface area contributed by atoms with Gasteiger partial charge in [0.25, 0.3) is 0 Å². The van der Waals surface area contributed by atoms with Crippen LogP contribution in [0.2, 0.25) is 0 Å². The number of alkyl halides is 6. The second kappa shape index (κ2) is 11.6. The van der Waals surface area contributed by atoms with Crippen LogP contribution in [-0.4, -0.2) is 18.1 Å². The topological polar surface area (TPSA) is 19.4 Å². The third-order valence-electron chi connectivity index (χ3n) is 8.04. The van der Waals surface area contributed by atoms with Gasteiger partial charge in [0.05, 0.1) is 11.1 Å². The standard InChI is InChI=1S/C30H33F6N3S/c1-2-38(17-20-6-3-4-7-20)27-15-23-9-5-8-22(23)14-24(27)19-39(28-37-10-11-40-28)18-21-12-25(29(31,32)33)16-26(13-21)30(34,35)36/h10-16,20H,2-9,17-19H2,1H3. The number of aryl methyl sites for hydroxylation is 2. The molecule has 0 bridgehead atoms. The van der Waals surface area contributed by atoms with Crippen molar-refractivity contribution < 1.29 is 26.3 Å². The molecule has 0 amide bonds. The molecular weight excluding hydrogens is 548 g/mol. The SMILES string of the molecule is CCN(CC1CCCC1)c1cc2c(cc1CN(Cc1cc(C(F)(F)F)cc(C(F)(F)F)c1)c1nccs1)CCC2. The van der Waals surface area contributed by atoms with Gasteiger partial charge in [-0.1, -0.05) is 18.9 Å². The fourth-order valence-corrected chi connectivity index (χ4v) is 6.73. The minimum absolute atomic E-state index is 0.0571. The third-order valence-corrected chi connectivity index (χ3v) is 8.87. The van der Waals surface area contributed by atoms with Crippen molar-refractivity contribution in [2.24, 2.45) is 5.92 Å². The lowest BCUT2D eigenvalue weighted by Gasteiger charge is -2.31. The number of benzene rings is 2. The van der Waals surface area contributed by atoms with Gasteiger partial charge in [0.15, 0.2) is 5.13 Å². The van der Waals surface area contributed by atoms with Gasteiger partial charge in [0.2, 0.25) is 0 Å². The molecule has 0 atom stereocenters. The number of anilines is 2. The van der Waals surface area contributed by atoms with Gasteiger partial charge in [0, 0.05) is 43.4 Å². The molecule has 2 aromatic carbocycles. The Bertz CT molecular complexity index is 1260. The molecule has 0 N–H and O–H groups in total. The second-order valence-electron chi connectivity index (χ2n) is 10.9. The van der Waals surface area contributed by atoms with Crippen LogP contribution in [-0.2, 0) is 38.3 Å². The van der Waals surface area contributed by atoms with Gasteiger partial charge in [-0.3, -0.25) is 0 Å². The molecule has 3 aromatic rings. The zero-order chi connectivity index (χ0) is 28.5. The first-order valence-electron chi connectivity index (χ1n) is 13.8. The molecule has 10 heteroatoms. The average Bonchev–Trinajstić information content (AvgIpc) is 3.68. The number of nitrogens with zero attached hydrogens (tertiary/aromatic N) is 3. The molecule has 1 fully saturated rings. The van der Waals surface area contributed by atoms with Crippen LogP contribution in [0.4, 0.5) is 37.2 Å². The Morgan fingerprint density at radius 2 is 1.48 bits per heavy atom. The lowest BCUT2D eigenvalue weighted by atomic mass is 10.0. The van der Waals surface area contributed by atoms with Gasteiger partial charge in [-0.2, -0.15) is 26.3 Å². The van der Waals surface area contributed by atoms with Gasteiger partial charge in [-0.15, -0.1) is 11.3 Å². The van der Waals surface area contributed by atoms with E-state index in [2.05, 4.69) is 28.9 Å².